The molecule has 1 spiro atoms. The van der Waals surface area contributed by atoms with Crippen molar-refractivity contribution in [3.63, 3.8) is 0 Å². The lowest BCUT2D eigenvalue weighted by Crippen LogP contribution is -2.61. The molecule has 2 fully saturated rings. The van der Waals surface area contributed by atoms with E-state index < -0.39 is 11.2 Å². The third-order valence-electron chi connectivity index (χ3n) is 11.8. The zero-order valence-corrected chi connectivity index (χ0v) is 33.3. The molecular weight excluding hydrogens is 734 g/mol. The van der Waals surface area contributed by atoms with E-state index in [1.165, 1.54) is 17.2 Å². The summed E-state index contributed by atoms with van der Waals surface area (Å²) < 4.78 is 13.6. The second-order valence-electron chi connectivity index (χ2n) is 15.1. The van der Waals surface area contributed by atoms with E-state index in [9.17, 15) is 14.4 Å². The maximum atomic E-state index is 13.3. The largest absolute Gasteiger partial charge is 0.481 e. The van der Waals surface area contributed by atoms with Crippen molar-refractivity contribution in [3.05, 3.63) is 90.8 Å². The highest BCUT2D eigenvalue weighted by atomic mass is 35.5. The van der Waals surface area contributed by atoms with E-state index in [-0.39, 0.29) is 28.6 Å². The molecule has 0 radical (unpaired) electrons. The summed E-state index contributed by atoms with van der Waals surface area (Å²) in [5.74, 6) is 1.33. The fourth-order valence-corrected chi connectivity index (χ4v) is 9.06. The van der Waals surface area contributed by atoms with Crippen LogP contribution in [-0.4, -0.2) is 92.5 Å². The number of aryl methyl sites for hydroxylation is 3. The molecular formula is C41H46ClN9O5. The van der Waals surface area contributed by atoms with Crippen LogP contribution in [0.15, 0.2) is 52.1 Å². The zero-order valence-electron chi connectivity index (χ0n) is 32.5. The molecule has 3 aromatic heterocycles. The number of rotatable bonds is 9. The maximum Gasteiger partial charge on any atom is 0.332 e. The number of amides is 2. The van der Waals surface area contributed by atoms with Gasteiger partial charge in [0, 0.05) is 75.8 Å². The number of hydrogen-bond donors (Lipinski definition) is 2. The lowest BCUT2D eigenvalue weighted by atomic mass is 9.92. The molecule has 0 saturated carbocycles. The highest BCUT2D eigenvalue weighted by molar-refractivity contribution is 6.36. The molecule has 2 atom stereocenters. The fraction of sp³-hybridized carbons (Fsp3) is 0.415. The molecule has 2 saturated heterocycles. The Kier molecular flexibility index (Phi) is 9.83. The number of aromatic nitrogens is 5. The number of benzene rings is 2. The summed E-state index contributed by atoms with van der Waals surface area (Å²) in [4.78, 5) is 57.3. The molecule has 8 rings (SSSR count). The Morgan fingerprint density at radius 2 is 1.71 bits per heavy atom. The Morgan fingerprint density at radius 3 is 2.48 bits per heavy atom. The summed E-state index contributed by atoms with van der Waals surface area (Å²) in [6, 6.07) is 14.1. The van der Waals surface area contributed by atoms with Crippen LogP contribution in [0.3, 0.4) is 0 Å². The Hall–Kier alpha value is -5.31. The van der Waals surface area contributed by atoms with Gasteiger partial charge in [0.15, 0.2) is 5.65 Å². The van der Waals surface area contributed by atoms with Gasteiger partial charge in [-0.25, -0.2) is 24.5 Å². The fourth-order valence-electron chi connectivity index (χ4n) is 8.74. The van der Waals surface area contributed by atoms with Crippen LogP contribution in [0.4, 0.5) is 16.3 Å². The van der Waals surface area contributed by atoms with Crippen molar-refractivity contribution in [2.24, 2.45) is 14.1 Å². The third kappa shape index (κ3) is 6.39. The minimum absolute atomic E-state index is 0.0150. The van der Waals surface area contributed by atoms with Crippen LogP contribution in [-0.2, 0) is 25.3 Å². The first-order chi connectivity index (χ1) is 26.9. The predicted molar refractivity (Wildman–Crippen MR) is 216 cm³/mol. The number of methoxy groups -OCH3 is 2. The molecule has 0 bridgehead atoms. The molecule has 2 unspecified atom stereocenters. The predicted octanol–water partition coefficient (Wildman–Crippen LogP) is 5.27. The first-order valence-corrected chi connectivity index (χ1v) is 19.3. The second kappa shape index (κ2) is 14.6. The van der Waals surface area contributed by atoms with E-state index in [2.05, 4.69) is 31.6 Å². The number of urea groups is 1. The molecule has 15 heteroatoms. The lowest BCUT2D eigenvalue weighted by molar-refractivity contribution is 0.114. The van der Waals surface area contributed by atoms with Crippen molar-refractivity contribution >= 4 is 40.2 Å². The number of nitrogens with zero attached hydrogens (tertiary/aromatic N) is 7. The zero-order chi connectivity index (χ0) is 39.5. The van der Waals surface area contributed by atoms with Gasteiger partial charge >= 0.3 is 11.7 Å². The van der Waals surface area contributed by atoms with E-state index in [0.29, 0.717) is 35.7 Å². The SMILES string of the molecule is COCCN1CCC2(CCN(C3CCc4cc(-c5cccc(-c6cccc(Nc7nc(C)nc8c7c(=O)n(C)c(=O)n8C)c6C)c5Cl)nc(OC)c43)C2)NC1=O. The number of halogens is 1. The molecule has 5 aromatic rings. The Labute approximate surface area is 329 Å². The molecule has 56 heavy (non-hydrogen) atoms. The average Bonchev–Trinajstić information content (AvgIpc) is 3.80. The number of pyridine rings is 1. The quantitative estimate of drug-likeness (QED) is 0.203. The number of hydrogen-bond acceptors (Lipinski definition) is 10. The summed E-state index contributed by atoms with van der Waals surface area (Å²) in [5.41, 5.74) is 6.24. The van der Waals surface area contributed by atoms with Crippen molar-refractivity contribution in [3.8, 4) is 28.3 Å². The number of nitrogens with one attached hydrogen (secondary N) is 2. The minimum atomic E-state index is -0.480. The molecule has 2 N–H and O–H groups in total. The van der Waals surface area contributed by atoms with Crippen molar-refractivity contribution < 1.29 is 14.3 Å². The van der Waals surface area contributed by atoms with Crippen LogP contribution < -0.4 is 26.6 Å². The molecule has 2 amide bonds. The first kappa shape index (κ1) is 37.6. The monoisotopic (exact) mass is 779 g/mol. The molecule has 14 nitrogen and oxygen atoms in total. The van der Waals surface area contributed by atoms with E-state index in [4.69, 9.17) is 26.1 Å². The number of fused-ring (bicyclic) bond motifs is 2. The van der Waals surface area contributed by atoms with Crippen LogP contribution in [0.25, 0.3) is 33.4 Å². The number of carbonyl (C=O) groups is 1. The topological polar surface area (TPSA) is 149 Å². The number of ether oxygens (including phenoxy) is 2. The van der Waals surface area contributed by atoms with Crippen LogP contribution in [0.2, 0.25) is 5.02 Å². The minimum Gasteiger partial charge on any atom is -0.481 e. The lowest BCUT2D eigenvalue weighted by Gasteiger charge is -2.40. The van der Waals surface area contributed by atoms with Crippen molar-refractivity contribution in [1.82, 2.24) is 39.2 Å². The summed E-state index contributed by atoms with van der Waals surface area (Å²) in [5, 5.41) is 7.48. The van der Waals surface area contributed by atoms with Crippen LogP contribution in [0.5, 0.6) is 5.88 Å². The molecule has 3 aliphatic rings. The van der Waals surface area contributed by atoms with E-state index in [0.717, 1.165) is 89.1 Å². The molecule has 1 aliphatic carbocycles. The summed E-state index contributed by atoms with van der Waals surface area (Å²) in [6.07, 6.45) is 3.63. The van der Waals surface area contributed by atoms with Crippen molar-refractivity contribution in [1.29, 1.82) is 0 Å². The summed E-state index contributed by atoms with van der Waals surface area (Å²) in [6.45, 7) is 7.23. The highest BCUT2D eigenvalue weighted by Gasteiger charge is 2.46. The van der Waals surface area contributed by atoms with Gasteiger partial charge in [-0.05, 0) is 68.4 Å². The van der Waals surface area contributed by atoms with Gasteiger partial charge in [-0.1, -0.05) is 41.9 Å². The van der Waals surface area contributed by atoms with E-state index in [1.54, 1.807) is 28.2 Å². The smallest absolute Gasteiger partial charge is 0.332 e. The standard InChI is InChI=1S/C41H46ClN9O5/c1-23-26(9-8-12-29(23)45-35-33-36(44-24(2)43-35)48(3)40(54)49(4)38(33)52)27-10-7-11-28(34(27)42)30-21-25-13-14-31(32(25)37(46-30)56-6)51-18-16-41(22-51)15-17-50(19-20-55-5)39(53)47-41/h7-12,21,31H,13-20,22H2,1-6H3,(H,47,53)(H,43,44,45). The highest BCUT2D eigenvalue weighted by Crippen LogP contribution is 2.47. The molecule has 2 aliphatic heterocycles. The van der Waals surface area contributed by atoms with Gasteiger partial charge in [0.2, 0.25) is 5.88 Å². The normalized spacial score (nSPS) is 19.5. The van der Waals surface area contributed by atoms with Gasteiger partial charge in [0.05, 0.1) is 30.0 Å². The number of likely N-dealkylation sites (tertiary alicyclic amines) is 1. The summed E-state index contributed by atoms with van der Waals surface area (Å²) >= 11 is 7.29. The third-order valence-corrected chi connectivity index (χ3v) is 12.2. The van der Waals surface area contributed by atoms with Gasteiger partial charge in [-0.2, -0.15) is 0 Å². The first-order valence-electron chi connectivity index (χ1n) is 18.9. The number of carbonyl (C=O) groups excluding carboxylic acids is 1. The number of anilines is 2. The average molecular weight is 780 g/mol. The van der Waals surface area contributed by atoms with Gasteiger partial charge in [-0.3, -0.25) is 18.8 Å². The van der Waals surface area contributed by atoms with Crippen LogP contribution >= 0.6 is 11.6 Å². The van der Waals surface area contributed by atoms with Crippen LogP contribution in [0.1, 0.15) is 47.8 Å². The Morgan fingerprint density at radius 1 is 0.964 bits per heavy atom. The molecule has 2 aromatic carbocycles. The van der Waals surface area contributed by atoms with E-state index in [1.807, 2.05) is 48.2 Å². The van der Waals surface area contributed by atoms with Gasteiger partial charge in [-0.15, -0.1) is 0 Å². The van der Waals surface area contributed by atoms with E-state index >= 15 is 0 Å². The Balaban J connectivity index is 1.08. The van der Waals surface area contributed by atoms with Gasteiger partial charge in [0.25, 0.3) is 5.56 Å². The van der Waals surface area contributed by atoms with Crippen molar-refractivity contribution in [2.45, 2.75) is 51.1 Å². The Bertz CT molecular complexity index is 2520. The van der Waals surface area contributed by atoms with Gasteiger partial charge < -0.3 is 25.0 Å². The van der Waals surface area contributed by atoms with Crippen LogP contribution in [0, 0.1) is 13.8 Å². The summed E-state index contributed by atoms with van der Waals surface area (Å²) in [7, 11) is 6.35. The molecule has 292 valence electrons. The van der Waals surface area contributed by atoms with Crippen molar-refractivity contribution in [2.75, 3.05) is 52.3 Å². The second-order valence-corrected chi connectivity index (χ2v) is 15.5. The van der Waals surface area contributed by atoms with Gasteiger partial charge in [0.1, 0.15) is 17.0 Å². The molecule has 5 heterocycles. The maximum absolute atomic E-state index is 13.3.